The molecule has 0 saturated heterocycles. The highest BCUT2D eigenvalue weighted by atomic mass is 16.6. The highest BCUT2D eigenvalue weighted by molar-refractivity contribution is 5.72. The number of carboxylic acids is 1. The molecule has 320 valence electrons. The summed E-state index contributed by atoms with van der Waals surface area (Å²) in [4.78, 5) is 36.9. The number of nitrogens with zero attached hydrogens (tertiary/aromatic N) is 1. The number of allylic oxidation sites excluding steroid dienone is 12. The van der Waals surface area contributed by atoms with Gasteiger partial charge in [0.2, 0.25) is 0 Å². The molecule has 0 spiro atoms. The van der Waals surface area contributed by atoms with E-state index in [2.05, 4.69) is 74.6 Å². The molecule has 8 nitrogen and oxygen atoms in total. The maximum atomic E-state index is 12.7. The number of quaternary nitrogens is 1. The molecule has 0 bridgehead atoms. The van der Waals surface area contributed by atoms with Crippen LogP contribution in [0.1, 0.15) is 162 Å². The number of likely N-dealkylation sites (N-methyl/N-ethyl adjacent to an activating group) is 1. The lowest BCUT2D eigenvalue weighted by Crippen LogP contribution is -2.50. The maximum absolute atomic E-state index is 12.7. The van der Waals surface area contributed by atoms with Crippen molar-refractivity contribution < 1.29 is 38.2 Å². The minimum atomic E-state index is -0.888. The quantitative estimate of drug-likeness (QED) is 0.0288. The average molecular weight is 785 g/mol. The topological polar surface area (TPSA) is 99.1 Å². The van der Waals surface area contributed by atoms with Crippen LogP contribution >= 0.6 is 0 Å². The molecule has 2 atom stereocenters. The number of carbonyl (C=O) groups excluding carboxylic acids is 2. The smallest absolute Gasteiger partial charge is 0.362 e. The van der Waals surface area contributed by atoms with E-state index in [1.54, 1.807) is 0 Å². The van der Waals surface area contributed by atoms with Gasteiger partial charge < -0.3 is 23.8 Å². The number of carbonyl (C=O) groups is 3. The van der Waals surface area contributed by atoms with Crippen molar-refractivity contribution in [3.63, 3.8) is 0 Å². The van der Waals surface area contributed by atoms with E-state index in [4.69, 9.17) is 14.2 Å². The second kappa shape index (κ2) is 38.6. The Balaban J connectivity index is 4.49. The van der Waals surface area contributed by atoms with Gasteiger partial charge in [-0.05, 0) is 51.4 Å². The lowest BCUT2D eigenvalue weighted by atomic mass is 10.0. The van der Waals surface area contributed by atoms with Crippen molar-refractivity contribution in [3.8, 4) is 0 Å². The first-order valence-corrected chi connectivity index (χ1v) is 22.0. The van der Waals surface area contributed by atoms with Crippen molar-refractivity contribution in [1.82, 2.24) is 0 Å². The van der Waals surface area contributed by atoms with E-state index in [9.17, 15) is 19.5 Å². The molecule has 0 fully saturated rings. The summed E-state index contributed by atoms with van der Waals surface area (Å²) in [6.45, 7) is 4.53. The Kier molecular flexibility index (Phi) is 36.4. The molecule has 0 heterocycles. The summed E-state index contributed by atoms with van der Waals surface area (Å²) in [5, 5.41) is 9.61. The molecule has 56 heavy (non-hydrogen) atoms. The van der Waals surface area contributed by atoms with E-state index >= 15 is 0 Å². The molecule has 0 aliphatic heterocycles. The summed E-state index contributed by atoms with van der Waals surface area (Å²) in [5.41, 5.74) is 0. The summed E-state index contributed by atoms with van der Waals surface area (Å²) >= 11 is 0. The summed E-state index contributed by atoms with van der Waals surface area (Å²) in [7, 11) is 5.49. The zero-order valence-electron chi connectivity index (χ0n) is 36.3. The maximum Gasteiger partial charge on any atom is 0.362 e. The van der Waals surface area contributed by atoms with Gasteiger partial charge in [-0.25, -0.2) is 4.79 Å². The van der Waals surface area contributed by atoms with Gasteiger partial charge in [0, 0.05) is 19.3 Å². The van der Waals surface area contributed by atoms with Crippen LogP contribution in [0, 0.1) is 0 Å². The van der Waals surface area contributed by atoms with Gasteiger partial charge in [-0.3, -0.25) is 9.59 Å². The Labute approximate surface area is 342 Å². The van der Waals surface area contributed by atoms with Gasteiger partial charge in [0.25, 0.3) is 0 Å². The lowest BCUT2D eigenvalue weighted by Gasteiger charge is -2.31. The van der Waals surface area contributed by atoms with E-state index in [1.165, 1.54) is 64.2 Å². The fourth-order valence-corrected chi connectivity index (χ4v) is 6.00. The molecule has 0 aromatic rings. The molecule has 0 aromatic heterocycles. The molecule has 0 aliphatic rings. The van der Waals surface area contributed by atoms with Gasteiger partial charge in [0.1, 0.15) is 6.61 Å². The molecule has 0 aromatic carbocycles. The van der Waals surface area contributed by atoms with E-state index < -0.39 is 18.1 Å². The third-order valence-electron chi connectivity index (χ3n) is 9.38. The zero-order chi connectivity index (χ0) is 41.4. The second-order valence-corrected chi connectivity index (χ2v) is 15.6. The normalized spacial score (nSPS) is 13.7. The third-order valence-corrected chi connectivity index (χ3v) is 9.38. The van der Waals surface area contributed by atoms with E-state index in [0.29, 0.717) is 19.3 Å². The highest BCUT2D eigenvalue weighted by Gasteiger charge is 2.31. The number of carboxylic acid groups (broad SMARTS) is 1. The predicted molar refractivity (Wildman–Crippen MR) is 233 cm³/mol. The third kappa shape index (κ3) is 36.4. The van der Waals surface area contributed by atoms with Gasteiger partial charge in [-0.2, -0.15) is 0 Å². The van der Waals surface area contributed by atoms with Crippen LogP contribution in [0.25, 0.3) is 0 Å². The molecule has 0 radical (unpaired) electrons. The van der Waals surface area contributed by atoms with Crippen LogP contribution in [0.3, 0.4) is 0 Å². The van der Waals surface area contributed by atoms with Gasteiger partial charge >= 0.3 is 17.9 Å². The van der Waals surface area contributed by atoms with Crippen LogP contribution in [0.15, 0.2) is 72.9 Å². The van der Waals surface area contributed by atoms with Gasteiger partial charge in [-0.15, -0.1) is 0 Å². The Morgan fingerprint density at radius 3 is 1.45 bits per heavy atom. The molecule has 8 heteroatoms. The molecule has 0 saturated carbocycles. The Hall–Kier alpha value is -3.23. The highest BCUT2D eigenvalue weighted by Crippen LogP contribution is 2.14. The predicted octanol–water partition coefficient (Wildman–Crippen LogP) is 12.0. The second-order valence-electron chi connectivity index (χ2n) is 15.6. The van der Waals surface area contributed by atoms with Gasteiger partial charge in [-0.1, -0.05) is 164 Å². The Morgan fingerprint density at radius 1 is 0.554 bits per heavy atom. The summed E-state index contributed by atoms with van der Waals surface area (Å²) in [5.74, 6) is -1.58. The number of rotatable bonds is 38. The number of hydrogen-bond acceptors (Lipinski definition) is 6. The number of aliphatic carboxylic acids is 1. The standard InChI is InChI=1S/C48H81NO7/c1-6-8-10-12-14-16-18-20-21-22-23-24-25-27-29-31-33-35-37-39-47(51)56-44(42-54-41-40-45(48(52)53)49(3,4)5)43-55-46(50)38-36-34-32-30-28-26-19-17-15-13-11-9-7-2/h8,10,14,16,20-21,23-24,27,29,33,35,44-45H,6-7,9,11-13,15,17-19,22,25-26,28,30-32,34,36-43H2,1-5H3/p+1/b10-8+,16-14+,21-20+,24-23+,29-27+,35-33+. The van der Waals surface area contributed by atoms with Gasteiger partial charge in [0.05, 0.1) is 34.4 Å². The van der Waals surface area contributed by atoms with Gasteiger partial charge in [0.15, 0.2) is 12.1 Å². The number of esters is 2. The van der Waals surface area contributed by atoms with Crippen LogP contribution in [0.2, 0.25) is 0 Å². The molecular formula is C48H82NO7+. The average Bonchev–Trinajstić information content (AvgIpc) is 3.15. The molecule has 0 rings (SSSR count). The Morgan fingerprint density at radius 2 is 1.00 bits per heavy atom. The minimum Gasteiger partial charge on any atom is -0.477 e. The number of unbranched alkanes of at least 4 members (excludes halogenated alkanes) is 12. The molecule has 2 unspecified atom stereocenters. The van der Waals surface area contributed by atoms with Crippen molar-refractivity contribution in [2.45, 2.75) is 174 Å². The number of hydrogen-bond donors (Lipinski definition) is 1. The van der Waals surface area contributed by atoms with Crippen molar-refractivity contribution in [1.29, 1.82) is 0 Å². The minimum absolute atomic E-state index is 0.0289. The summed E-state index contributed by atoms with van der Waals surface area (Å²) < 4.78 is 17.2. The van der Waals surface area contributed by atoms with Crippen molar-refractivity contribution in [2.24, 2.45) is 0 Å². The SMILES string of the molecule is CC/C=C/C/C=C/C/C=C/C/C=C/C/C=C/C/C=C/CCC(=O)OC(COCCC(C(=O)O)[N+](C)(C)C)COC(=O)CCCCCCCCCCCCCCC. The first-order chi connectivity index (χ1) is 27.1. The van der Waals surface area contributed by atoms with E-state index in [0.717, 1.165) is 57.8 Å². The fourth-order valence-electron chi connectivity index (χ4n) is 6.00. The van der Waals surface area contributed by atoms with Crippen molar-refractivity contribution in [2.75, 3.05) is 41.0 Å². The largest absolute Gasteiger partial charge is 0.477 e. The summed E-state index contributed by atoms with van der Waals surface area (Å²) in [6.07, 6.45) is 48.1. The Bertz CT molecular complexity index is 1140. The molecule has 0 aliphatic carbocycles. The zero-order valence-corrected chi connectivity index (χ0v) is 36.3. The van der Waals surface area contributed by atoms with E-state index in [-0.39, 0.29) is 42.7 Å². The monoisotopic (exact) mass is 785 g/mol. The molecule has 1 N–H and O–H groups in total. The first kappa shape index (κ1) is 52.8. The summed E-state index contributed by atoms with van der Waals surface area (Å²) in [6, 6.07) is -0.629. The fraction of sp³-hybridized carbons (Fsp3) is 0.688. The number of ether oxygens (including phenoxy) is 3. The van der Waals surface area contributed by atoms with Crippen molar-refractivity contribution in [3.05, 3.63) is 72.9 Å². The molecule has 0 amide bonds. The van der Waals surface area contributed by atoms with Crippen LogP contribution in [-0.2, 0) is 28.6 Å². The molecular weight excluding hydrogens is 703 g/mol. The first-order valence-electron chi connectivity index (χ1n) is 22.0. The van der Waals surface area contributed by atoms with Crippen LogP contribution in [0.5, 0.6) is 0 Å². The van der Waals surface area contributed by atoms with Crippen LogP contribution < -0.4 is 0 Å². The van der Waals surface area contributed by atoms with Crippen LogP contribution in [-0.4, -0.2) is 80.6 Å². The van der Waals surface area contributed by atoms with Crippen molar-refractivity contribution >= 4 is 17.9 Å². The van der Waals surface area contributed by atoms with E-state index in [1.807, 2.05) is 33.3 Å². The van der Waals surface area contributed by atoms with Crippen LogP contribution in [0.4, 0.5) is 0 Å². The lowest BCUT2D eigenvalue weighted by molar-refractivity contribution is -0.887.